The van der Waals surface area contributed by atoms with Crippen LogP contribution >= 0.6 is 0 Å². The molecule has 1 aromatic carbocycles. The van der Waals surface area contributed by atoms with Crippen molar-refractivity contribution in [3.63, 3.8) is 0 Å². The number of hydrogen-bond acceptors (Lipinski definition) is 3. The smallest absolute Gasteiger partial charge is 0.228 e. The maximum Gasteiger partial charge on any atom is 0.228 e. The lowest BCUT2D eigenvalue weighted by Gasteiger charge is -2.21. The minimum atomic E-state index is -0.915. The largest absolute Gasteiger partial charge is 0.310 e. The molecule has 4 rings (SSSR count). The number of fused-ring (bicyclic) bond motifs is 1. The highest BCUT2D eigenvalue weighted by molar-refractivity contribution is 7.83. The second kappa shape index (κ2) is 6.75. The number of carbonyl (C=O) groups is 1. The molecule has 2 aliphatic rings. The molecule has 1 fully saturated rings. The zero-order valence-corrected chi connectivity index (χ0v) is 15.3. The highest BCUT2D eigenvalue weighted by atomic mass is 32.2. The van der Waals surface area contributed by atoms with Gasteiger partial charge in [-0.05, 0) is 31.4 Å². The third kappa shape index (κ3) is 3.15. The van der Waals surface area contributed by atoms with Crippen molar-refractivity contribution in [1.82, 2.24) is 9.78 Å². The van der Waals surface area contributed by atoms with E-state index in [4.69, 9.17) is 0 Å². The summed E-state index contributed by atoms with van der Waals surface area (Å²) in [7, 11) is -0.915. The van der Waals surface area contributed by atoms with Gasteiger partial charge in [-0.1, -0.05) is 37.5 Å². The Balaban J connectivity index is 1.71. The standard InChI is InChI=1S/C19H23N3O2S/c1-13-7-5-6-10-17(13)22-18(15-11-25(24)12-16(15)21-22)20-19(23)14-8-3-2-4-9-14/h5-7,10,14H,2-4,8-9,11-12H2,1H3,(H,20,23)/t25-/m0/s1. The van der Waals surface area contributed by atoms with E-state index in [0.717, 1.165) is 48.2 Å². The molecule has 1 atom stereocenters. The summed E-state index contributed by atoms with van der Waals surface area (Å²) in [6.07, 6.45) is 5.38. The molecule has 1 N–H and O–H groups in total. The van der Waals surface area contributed by atoms with E-state index in [1.165, 1.54) is 6.42 Å². The second-order valence-electron chi connectivity index (χ2n) is 7.02. The molecule has 1 aromatic heterocycles. The molecule has 2 heterocycles. The van der Waals surface area contributed by atoms with Crippen LogP contribution in [0, 0.1) is 12.8 Å². The van der Waals surface area contributed by atoms with Crippen molar-refractivity contribution in [1.29, 1.82) is 0 Å². The van der Waals surface area contributed by atoms with Crippen molar-refractivity contribution in [2.75, 3.05) is 5.32 Å². The third-order valence-corrected chi connectivity index (χ3v) is 6.44. The second-order valence-corrected chi connectivity index (χ2v) is 8.48. The maximum absolute atomic E-state index is 12.8. The third-order valence-electron chi connectivity index (χ3n) is 5.23. The SMILES string of the molecule is Cc1ccccc1-n1nc2c(c1NC(=O)C1CCCCC1)C[S@](=O)C2. The lowest BCUT2D eigenvalue weighted by Crippen LogP contribution is -2.26. The fourth-order valence-corrected chi connectivity index (χ4v) is 5.08. The first-order chi connectivity index (χ1) is 12.1. The predicted octanol–water partition coefficient (Wildman–Crippen LogP) is 3.46. The Morgan fingerprint density at radius 2 is 1.96 bits per heavy atom. The molecule has 2 aromatic rings. The van der Waals surface area contributed by atoms with Gasteiger partial charge in [0.05, 0.1) is 22.9 Å². The molecule has 1 saturated carbocycles. The van der Waals surface area contributed by atoms with Crippen LogP contribution in [0.5, 0.6) is 0 Å². The van der Waals surface area contributed by atoms with Crippen LogP contribution in [-0.4, -0.2) is 19.9 Å². The Labute approximate surface area is 150 Å². The summed E-state index contributed by atoms with van der Waals surface area (Å²) < 4.78 is 13.8. The van der Waals surface area contributed by atoms with Crippen molar-refractivity contribution in [2.24, 2.45) is 5.92 Å². The summed E-state index contributed by atoms with van der Waals surface area (Å²) in [5.41, 5.74) is 3.84. The van der Waals surface area contributed by atoms with E-state index in [-0.39, 0.29) is 11.8 Å². The number of hydrogen-bond donors (Lipinski definition) is 1. The fourth-order valence-electron chi connectivity index (χ4n) is 3.82. The van der Waals surface area contributed by atoms with Crippen molar-refractivity contribution >= 4 is 22.5 Å². The molecule has 1 aliphatic heterocycles. The van der Waals surface area contributed by atoms with Gasteiger partial charge in [0.2, 0.25) is 5.91 Å². The van der Waals surface area contributed by atoms with E-state index >= 15 is 0 Å². The van der Waals surface area contributed by atoms with Crippen LogP contribution in [0.2, 0.25) is 0 Å². The summed E-state index contributed by atoms with van der Waals surface area (Å²) in [4.78, 5) is 12.8. The maximum atomic E-state index is 12.8. The first-order valence-electron chi connectivity index (χ1n) is 8.96. The number of rotatable bonds is 3. The van der Waals surface area contributed by atoms with Crippen LogP contribution in [0.15, 0.2) is 24.3 Å². The Bertz CT molecular complexity index is 837. The minimum absolute atomic E-state index is 0.0786. The molecule has 6 heteroatoms. The number of nitrogens with zero attached hydrogens (tertiary/aromatic N) is 2. The molecule has 0 spiro atoms. The van der Waals surface area contributed by atoms with Gasteiger partial charge in [-0.25, -0.2) is 4.68 Å². The van der Waals surface area contributed by atoms with Gasteiger partial charge in [0.15, 0.2) is 0 Å². The van der Waals surface area contributed by atoms with E-state index in [0.29, 0.717) is 17.3 Å². The van der Waals surface area contributed by atoms with Crippen molar-refractivity contribution in [2.45, 2.75) is 50.5 Å². The minimum Gasteiger partial charge on any atom is -0.310 e. The van der Waals surface area contributed by atoms with Crippen molar-refractivity contribution < 1.29 is 9.00 Å². The number of amides is 1. The number of anilines is 1. The summed E-state index contributed by atoms with van der Waals surface area (Å²) in [5.74, 6) is 1.82. The Morgan fingerprint density at radius 1 is 1.20 bits per heavy atom. The van der Waals surface area contributed by atoms with Crippen LogP contribution in [0.1, 0.15) is 48.9 Å². The fraction of sp³-hybridized carbons (Fsp3) is 0.474. The summed E-state index contributed by atoms with van der Waals surface area (Å²) in [5, 5.41) is 7.81. The van der Waals surface area contributed by atoms with E-state index in [1.54, 1.807) is 0 Å². The van der Waals surface area contributed by atoms with E-state index in [1.807, 2.05) is 35.9 Å². The van der Waals surface area contributed by atoms with Crippen molar-refractivity contribution in [3.8, 4) is 5.69 Å². The zero-order chi connectivity index (χ0) is 17.4. The van der Waals surface area contributed by atoms with Crippen LogP contribution in [0.25, 0.3) is 5.69 Å². The summed E-state index contributed by atoms with van der Waals surface area (Å²) in [6.45, 7) is 2.03. The summed E-state index contributed by atoms with van der Waals surface area (Å²) in [6, 6.07) is 8.00. The lowest BCUT2D eigenvalue weighted by molar-refractivity contribution is -0.120. The molecule has 132 valence electrons. The van der Waals surface area contributed by atoms with Crippen LogP contribution in [-0.2, 0) is 27.1 Å². The molecular weight excluding hydrogens is 334 g/mol. The van der Waals surface area contributed by atoms with Crippen molar-refractivity contribution in [3.05, 3.63) is 41.1 Å². The van der Waals surface area contributed by atoms with Gasteiger partial charge >= 0.3 is 0 Å². The molecule has 1 amide bonds. The Kier molecular flexibility index (Phi) is 4.46. The lowest BCUT2D eigenvalue weighted by atomic mass is 9.88. The highest BCUT2D eigenvalue weighted by Crippen LogP contribution is 2.33. The number of aromatic nitrogens is 2. The predicted molar refractivity (Wildman–Crippen MR) is 99.1 cm³/mol. The Morgan fingerprint density at radius 3 is 2.72 bits per heavy atom. The number of carbonyl (C=O) groups excluding carboxylic acids is 1. The quantitative estimate of drug-likeness (QED) is 0.915. The number of aryl methyl sites for hydroxylation is 1. The van der Waals surface area contributed by atoms with E-state index < -0.39 is 10.8 Å². The molecule has 1 aliphatic carbocycles. The van der Waals surface area contributed by atoms with Gasteiger partial charge in [-0.15, -0.1) is 0 Å². The number of benzene rings is 1. The molecule has 5 nitrogen and oxygen atoms in total. The highest BCUT2D eigenvalue weighted by Gasteiger charge is 2.30. The molecule has 0 radical (unpaired) electrons. The summed E-state index contributed by atoms with van der Waals surface area (Å²) >= 11 is 0. The van der Waals surface area contributed by atoms with Gasteiger partial charge in [0.1, 0.15) is 5.82 Å². The average Bonchev–Trinajstić information content (AvgIpc) is 3.13. The van der Waals surface area contributed by atoms with Gasteiger partial charge in [0.25, 0.3) is 0 Å². The van der Waals surface area contributed by atoms with Gasteiger partial charge in [-0.3, -0.25) is 9.00 Å². The Hall–Kier alpha value is -1.95. The first kappa shape index (κ1) is 16.5. The first-order valence-corrected chi connectivity index (χ1v) is 10.4. The zero-order valence-electron chi connectivity index (χ0n) is 14.5. The normalized spacial score (nSPS) is 20.4. The van der Waals surface area contributed by atoms with Crippen LogP contribution in [0.4, 0.5) is 5.82 Å². The molecule has 25 heavy (non-hydrogen) atoms. The molecule has 0 saturated heterocycles. The van der Waals surface area contributed by atoms with Gasteiger partial charge in [0, 0.05) is 22.3 Å². The average molecular weight is 357 g/mol. The van der Waals surface area contributed by atoms with Crippen LogP contribution < -0.4 is 5.32 Å². The van der Waals surface area contributed by atoms with E-state index in [2.05, 4.69) is 10.4 Å². The van der Waals surface area contributed by atoms with E-state index in [9.17, 15) is 9.00 Å². The topological polar surface area (TPSA) is 64.0 Å². The molecular formula is C19H23N3O2S. The number of nitrogens with one attached hydrogen (secondary N) is 1. The van der Waals surface area contributed by atoms with Crippen LogP contribution in [0.3, 0.4) is 0 Å². The number of para-hydroxylation sites is 1. The van der Waals surface area contributed by atoms with Gasteiger partial charge in [-0.2, -0.15) is 5.10 Å². The molecule has 0 bridgehead atoms. The molecule has 0 unspecified atom stereocenters. The van der Waals surface area contributed by atoms with Gasteiger partial charge < -0.3 is 5.32 Å². The monoisotopic (exact) mass is 357 g/mol.